The molecule has 6 heterocycles. The SMILES string of the molecule is CC(C)(C)Nc1cc(-n2ncc3cc(C#N)cnc32)ncc1C(=O)NC1CCC(C(=O)N2CCN(c3ccc4c(c3)C(=O)N(C3CCC(=O)NC3=O)C4)CC2)CC1. The minimum atomic E-state index is -0.652. The van der Waals surface area contributed by atoms with Crippen molar-refractivity contribution in [3.05, 3.63) is 71.2 Å². The highest BCUT2D eigenvalue weighted by molar-refractivity contribution is 6.06. The molecule has 4 aromatic rings. The number of pyridine rings is 2. The van der Waals surface area contributed by atoms with E-state index >= 15 is 0 Å². The van der Waals surface area contributed by atoms with Gasteiger partial charge in [0.25, 0.3) is 11.8 Å². The van der Waals surface area contributed by atoms with E-state index in [4.69, 9.17) is 0 Å². The smallest absolute Gasteiger partial charge is 0.255 e. The van der Waals surface area contributed by atoms with Gasteiger partial charge in [0.15, 0.2) is 11.5 Å². The Hall–Kier alpha value is -6.37. The van der Waals surface area contributed by atoms with Crippen LogP contribution < -0.4 is 20.9 Å². The highest BCUT2D eigenvalue weighted by Gasteiger charge is 2.40. The van der Waals surface area contributed by atoms with Crippen LogP contribution in [0.4, 0.5) is 11.4 Å². The van der Waals surface area contributed by atoms with Crippen LogP contribution in [0.1, 0.15) is 91.1 Å². The van der Waals surface area contributed by atoms with E-state index in [-0.39, 0.29) is 47.5 Å². The maximum Gasteiger partial charge on any atom is 0.255 e. The number of nitrogens with one attached hydrogen (secondary N) is 3. The summed E-state index contributed by atoms with van der Waals surface area (Å²) in [6.45, 7) is 8.78. The van der Waals surface area contributed by atoms with E-state index in [0.29, 0.717) is 104 Å². The first kappa shape index (κ1) is 37.5. The van der Waals surface area contributed by atoms with E-state index in [1.165, 1.54) is 6.20 Å². The number of aromatic nitrogens is 4. The predicted molar refractivity (Wildman–Crippen MR) is 209 cm³/mol. The molecule has 3 fully saturated rings. The third-order valence-corrected chi connectivity index (χ3v) is 11.3. The number of imide groups is 1. The Morgan fingerprint density at radius 2 is 1.70 bits per heavy atom. The molecule has 1 saturated carbocycles. The van der Waals surface area contributed by atoms with Gasteiger partial charge in [-0.15, -0.1) is 0 Å². The fraction of sp³-hybridized carbons (Fsp3) is 0.439. The third kappa shape index (κ3) is 7.61. The molecular weight excluding hydrogens is 727 g/mol. The van der Waals surface area contributed by atoms with Gasteiger partial charge in [0.05, 0.1) is 23.0 Å². The zero-order valence-corrected chi connectivity index (χ0v) is 32.2. The van der Waals surface area contributed by atoms with Crippen molar-refractivity contribution in [3.8, 4) is 11.9 Å². The van der Waals surface area contributed by atoms with Crippen LogP contribution in [0, 0.1) is 17.2 Å². The van der Waals surface area contributed by atoms with Crippen LogP contribution in [0.15, 0.2) is 48.9 Å². The largest absolute Gasteiger partial charge is 0.380 e. The van der Waals surface area contributed by atoms with Gasteiger partial charge in [-0.3, -0.25) is 29.3 Å². The average Bonchev–Trinajstić information content (AvgIpc) is 3.77. The number of rotatable bonds is 7. The second-order valence-corrected chi connectivity index (χ2v) is 16.3. The average molecular weight is 772 g/mol. The number of amides is 5. The lowest BCUT2D eigenvalue weighted by Crippen LogP contribution is -2.52. The summed E-state index contributed by atoms with van der Waals surface area (Å²) < 4.78 is 1.58. The van der Waals surface area contributed by atoms with E-state index in [9.17, 15) is 29.2 Å². The number of fused-ring (bicyclic) bond motifs is 2. The van der Waals surface area contributed by atoms with Crippen LogP contribution in [-0.2, 0) is 20.9 Å². The quantitative estimate of drug-likeness (QED) is 0.233. The number of nitriles is 1. The summed E-state index contributed by atoms with van der Waals surface area (Å²) in [4.78, 5) is 79.5. The summed E-state index contributed by atoms with van der Waals surface area (Å²) in [5, 5.41) is 23.4. The second kappa shape index (κ2) is 14.9. The van der Waals surface area contributed by atoms with Crippen LogP contribution in [0.2, 0.25) is 0 Å². The van der Waals surface area contributed by atoms with Crippen molar-refractivity contribution >= 4 is 51.9 Å². The van der Waals surface area contributed by atoms with Crippen LogP contribution >= 0.6 is 0 Å². The van der Waals surface area contributed by atoms with Crippen molar-refractivity contribution < 1.29 is 24.0 Å². The van der Waals surface area contributed by atoms with Crippen molar-refractivity contribution in [2.24, 2.45) is 5.92 Å². The van der Waals surface area contributed by atoms with E-state index in [2.05, 4.69) is 42.0 Å². The molecule has 294 valence electrons. The fourth-order valence-corrected chi connectivity index (χ4v) is 8.33. The van der Waals surface area contributed by atoms with E-state index in [0.717, 1.165) is 11.3 Å². The molecule has 57 heavy (non-hydrogen) atoms. The van der Waals surface area contributed by atoms with Gasteiger partial charge < -0.3 is 25.3 Å². The van der Waals surface area contributed by atoms with Crippen molar-refractivity contribution in [3.63, 3.8) is 0 Å². The molecule has 4 aliphatic rings. The summed E-state index contributed by atoms with van der Waals surface area (Å²) in [5.74, 6) is -0.670. The highest BCUT2D eigenvalue weighted by atomic mass is 16.2. The summed E-state index contributed by atoms with van der Waals surface area (Å²) in [7, 11) is 0. The lowest BCUT2D eigenvalue weighted by atomic mass is 9.85. The van der Waals surface area contributed by atoms with Crippen LogP contribution in [0.5, 0.6) is 0 Å². The molecule has 1 aliphatic carbocycles. The van der Waals surface area contributed by atoms with E-state index < -0.39 is 11.9 Å². The van der Waals surface area contributed by atoms with Gasteiger partial charge in [-0.1, -0.05) is 6.07 Å². The molecule has 3 N–H and O–H groups in total. The van der Waals surface area contributed by atoms with Gasteiger partial charge in [-0.25, -0.2) is 9.97 Å². The van der Waals surface area contributed by atoms with Crippen molar-refractivity contribution in [1.29, 1.82) is 5.26 Å². The zero-order chi connectivity index (χ0) is 40.0. The number of nitrogens with zero attached hydrogens (tertiary/aromatic N) is 8. The first-order chi connectivity index (χ1) is 27.3. The number of piperidine rings is 1. The van der Waals surface area contributed by atoms with Crippen LogP contribution in [-0.4, -0.2) is 103 Å². The number of carbonyl (C=O) groups excluding carboxylic acids is 5. The van der Waals surface area contributed by atoms with E-state index in [1.807, 2.05) is 43.9 Å². The summed E-state index contributed by atoms with van der Waals surface area (Å²) in [5.41, 5.74) is 3.98. The lowest BCUT2D eigenvalue weighted by molar-refractivity contribution is -0.138. The monoisotopic (exact) mass is 771 g/mol. The Balaban J connectivity index is 0.851. The molecule has 8 rings (SSSR count). The van der Waals surface area contributed by atoms with Crippen molar-refractivity contribution in [2.75, 3.05) is 36.4 Å². The molecule has 1 unspecified atom stereocenters. The first-order valence-corrected chi connectivity index (χ1v) is 19.5. The standard InChI is InChI=1S/C41H45N11O5/c1-41(2,3)48-32-18-34(52-36-27(21-45-52)16-24(19-42)20-44-36)43-22-31(32)37(54)46-28-7-4-25(5-8-28)39(56)50-14-12-49(13-15-50)29-9-6-26-23-51(40(57)30(26)17-29)33-10-11-35(53)47-38(33)55/h6,9,16-18,20-22,25,28,33H,4-5,7-8,10-15,23H2,1-3H3,(H,43,48)(H,46,54)(H,47,53,55). The molecule has 3 aliphatic heterocycles. The molecule has 0 radical (unpaired) electrons. The zero-order valence-electron chi connectivity index (χ0n) is 32.2. The molecule has 0 spiro atoms. The molecule has 16 nitrogen and oxygen atoms in total. The third-order valence-electron chi connectivity index (χ3n) is 11.3. The van der Waals surface area contributed by atoms with Crippen LogP contribution in [0.3, 0.4) is 0 Å². The Morgan fingerprint density at radius 3 is 2.42 bits per heavy atom. The lowest BCUT2D eigenvalue weighted by Gasteiger charge is -2.39. The number of piperazine rings is 1. The maximum absolute atomic E-state index is 13.7. The first-order valence-electron chi connectivity index (χ1n) is 19.5. The van der Waals surface area contributed by atoms with Gasteiger partial charge in [0, 0.05) is 91.7 Å². The molecule has 1 aromatic carbocycles. The summed E-state index contributed by atoms with van der Waals surface area (Å²) in [6, 6.07) is 10.7. The molecule has 1 atom stereocenters. The number of carbonyl (C=O) groups is 5. The molecular formula is C41H45N11O5. The van der Waals surface area contributed by atoms with Gasteiger partial charge in [0.2, 0.25) is 17.7 Å². The predicted octanol–water partition coefficient (Wildman–Crippen LogP) is 3.30. The molecule has 16 heteroatoms. The second-order valence-electron chi connectivity index (χ2n) is 16.3. The summed E-state index contributed by atoms with van der Waals surface area (Å²) in [6.07, 6.45) is 7.93. The normalized spacial score (nSPS) is 21.3. The molecule has 2 saturated heterocycles. The topological polar surface area (TPSA) is 199 Å². The van der Waals surface area contributed by atoms with Crippen molar-refractivity contribution in [2.45, 2.75) is 83.5 Å². The minimum absolute atomic E-state index is 0.0809. The van der Waals surface area contributed by atoms with Gasteiger partial charge >= 0.3 is 0 Å². The Labute approximate surface area is 329 Å². The van der Waals surface area contributed by atoms with Crippen molar-refractivity contribution in [1.82, 2.24) is 40.2 Å². The Kier molecular flexibility index (Phi) is 9.84. The van der Waals surface area contributed by atoms with Crippen LogP contribution in [0.25, 0.3) is 16.9 Å². The van der Waals surface area contributed by atoms with Gasteiger partial charge in [-0.2, -0.15) is 15.0 Å². The number of anilines is 2. The van der Waals surface area contributed by atoms with Gasteiger partial charge in [-0.05, 0) is 76.6 Å². The van der Waals surface area contributed by atoms with Gasteiger partial charge in [0.1, 0.15) is 12.1 Å². The fourth-order valence-electron chi connectivity index (χ4n) is 8.33. The molecule has 3 aromatic heterocycles. The number of hydrogen-bond donors (Lipinski definition) is 3. The molecule has 0 bridgehead atoms. The Bertz CT molecular complexity index is 2330. The number of benzene rings is 1. The summed E-state index contributed by atoms with van der Waals surface area (Å²) >= 11 is 0. The minimum Gasteiger partial charge on any atom is -0.380 e. The van der Waals surface area contributed by atoms with E-state index in [1.54, 1.807) is 34.1 Å². The Morgan fingerprint density at radius 1 is 0.930 bits per heavy atom. The number of hydrogen-bond acceptors (Lipinski definition) is 11. The highest BCUT2D eigenvalue weighted by Crippen LogP contribution is 2.32. The molecule has 5 amide bonds. The maximum atomic E-state index is 13.7.